The van der Waals surface area contributed by atoms with Gasteiger partial charge in [-0.1, -0.05) is 0 Å². The largest absolute Gasteiger partial charge is 0.481 e. The summed E-state index contributed by atoms with van der Waals surface area (Å²) in [6, 6.07) is 4.16. The summed E-state index contributed by atoms with van der Waals surface area (Å²) >= 11 is 0. The Kier molecular flexibility index (Phi) is 4.28. The van der Waals surface area contributed by atoms with Crippen LogP contribution >= 0.6 is 0 Å². The second-order valence-corrected chi connectivity index (χ2v) is 4.09. The number of aromatic nitrogens is 1. The molecule has 0 saturated heterocycles. The monoisotopic (exact) mass is 222 g/mol. The highest BCUT2D eigenvalue weighted by Crippen LogP contribution is 2.17. The summed E-state index contributed by atoms with van der Waals surface area (Å²) in [6.07, 6.45) is 1.90. The van der Waals surface area contributed by atoms with E-state index in [1.165, 1.54) is 0 Å². The fourth-order valence-corrected chi connectivity index (χ4v) is 1.61. The molecule has 4 heteroatoms. The van der Waals surface area contributed by atoms with Crippen LogP contribution in [-0.4, -0.2) is 28.6 Å². The number of carboxylic acids is 1. The molecule has 0 spiro atoms. The highest BCUT2D eigenvalue weighted by atomic mass is 16.4. The molecule has 1 rings (SSSR count). The minimum atomic E-state index is -0.767. The van der Waals surface area contributed by atoms with Crippen molar-refractivity contribution in [1.82, 2.24) is 4.98 Å². The lowest BCUT2D eigenvalue weighted by molar-refractivity contribution is -0.136. The van der Waals surface area contributed by atoms with Crippen LogP contribution in [-0.2, 0) is 4.79 Å². The van der Waals surface area contributed by atoms with Gasteiger partial charge in [-0.15, -0.1) is 0 Å². The number of rotatable bonds is 5. The van der Waals surface area contributed by atoms with Crippen molar-refractivity contribution in [3.05, 3.63) is 24.0 Å². The van der Waals surface area contributed by atoms with Gasteiger partial charge in [0.1, 0.15) is 0 Å². The summed E-state index contributed by atoms with van der Waals surface area (Å²) in [7, 11) is 0. The zero-order valence-corrected chi connectivity index (χ0v) is 9.97. The lowest BCUT2D eigenvalue weighted by atomic mass is 10.2. The number of aliphatic carboxylic acids is 1. The van der Waals surface area contributed by atoms with Gasteiger partial charge in [0.2, 0.25) is 0 Å². The molecule has 0 aromatic carbocycles. The number of hydrogen-bond acceptors (Lipinski definition) is 3. The first-order valence-electron chi connectivity index (χ1n) is 5.42. The Hall–Kier alpha value is -1.58. The van der Waals surface area contributed by atoms with Crippen LogP contribution in [0, 0.1) is 6.92 Å². The molecule has 0 unspecified atom stereocenters. The van der Waals surface area contributed by atoms with Crippen molar-refractivity contribution >= 4 is 11.7 Å². The number of anilines is 1. The Labute approximate surface area is 95.9 Å². The molecular formula is C12H18N2O2. The van der Waals surface area contributed by atoms with Crippen LogP contribution in [0.1, 0.15) is 26.0 Å². The van der Waals surface area contributed by atoms with E-state index in [1.54, 1.807) is 6.20 Å². The van der Waals surface area contributed by atoms with Crippen molar-refractivity contribution in [1.29, 1.82) is 0 Å². The summed E-state index contributed by atoms with van der Waals surface area (Å²) in [5.41, 5.74) is 1.97. The van der Waals surface area contributed by atoms with Crippen LogP contribution in [0.4, 0.5) is 5.69 Å². The molecule has 0 atom stereocenters. The zero-order chi connectivity index (χ0) is 12.1. The maximum absolute atomic E-state index is 10.6. The van der Waals surface area contributed by atoms with Crippen LogP contribution in [0.2, 0.25) is 0 Å². The SMILES string of the molecule is Cc1cc(N(CCC(=O)O)C(C)C)ccn1. The summed E-state index contributed by atoms with van der Waals surface area (Å²) in [4.78, 5) is 16.8. The molecule has 0 amide bonds. The summed E-state index contributed by atoms with van der Waals surface area (Å²) < 4.78 is 0. The van der Waals surface area contributed by atoms with E-state index in [4.69, 9.17) is 5.11 Å². The molecule has 1 N–H and O–H groups in total. The van der Waals surface area contributed by atoms with E-state index in [1.807, 2.05) is 19.1 Å². The lowest BCUT2D eigenvalue weighted by Crippen LogP contribution is -2.32. The number of nitrogens with zero attached hydrogens (tertiary/aromatic N) is 2. The Balaban J connectivity index is 2.81. The normalized spacial score (nSPS) is 10.5. The average Bonchev–Trinajstić information content (AvgIpc) is 2.17. The molecule has 4 nitrogen and oxygen atoms in total. The third-order valence-corrected chi connectivity index (χ3v) is 2.40. The molecule has 16 heavy (non-hydrogen) atoms. The summed E-state index contributed by atoms with van der Waals surface area (Å²) in [5, 5.41) is 8.71. The van der Waals surface area contributed by atoms with Crippen LogP contribution in [0.3, 0.4) is 0 Å². The average molecular weight is 222 g/mol. The van der Waals surface area contributed by atoms with Crippen LogP contribution in [0.25, 0.3) is 0 Å². The molecular weight excluding hydrogens is 204 g/mol. The Bertz CT molecular complexity index is 364. The van der Waals surface area contributed by atoms with Crippen molar-refractivity contribution < 1.29 is 9.90 Å². The molecule has 0 saturated carbocycles. The van der Waals surface area contributed by atoms with E-state index in [0.717, 1.165) is 11.4 Å². The molecule has 0 fully saturated rings. The van der Waals surface area contributed by atoms with Crippen molar-refractivity contribution in [2.75, 3.05) is 11.4 Å². The molecule has 0 aliphatic heterocycles. The number of hydrogen-bond donors (Lipinski definition) is 1. The van der Waals surface area contributed by atoms with Gasteiger partial charge in [0, 0.05) is 30.2 Å². The summed E-state index contributed by atoms with van der Waals surface area (Å²) in [6.45, 7) is 6.56. The molecule has 1 aromatic rings. The molecule has 1 aromatic heterocycles. The van der Waals surface area contributed by atoms with E-state index in [9.17, 15) is 4.79 Å². The van der Waals surface area contributed by atoms with E-state index in [0.29, 0.717) is 6.54 Å². The quantitative estimate of drug-likeness (QED) is 0.828. The van der Waals surface area contributed by atoms with Gasteiger partial charge in [-0.3, -0.25) is 9.78 Å². The van der Waals surface area contributed by atoms with Crippen LogP contribution in [0.15, 0.2) is 18.3 Å². The highest BCUT2D eigenvalue weighted by molar-refractivity contribution is 5.67. The first kappa shape index (κ1) is 12.5. The molecule has 0 bridgehead atoms. The highest BCUT2D eigenvalue weighted by Gasteiger charge is 2.12. The second-order valence-electron chi connectivity index (χ2n) is 4.09. The minimum Gasteiger partial charge on any atom is -0.481 e. The van der Waals surface area contributed by atoms with Gasteiger partial charge in [0.25, 0.3) is 0 Å². The van der Waals surface area contributed by atoms with Crippen molar-refractivity contribution in [3.8, 4) is 0 Å². The first-order valence-corrected chi connectivity index (χ1v) is 5.42. The van der Waals surface area contributed by atoms with Crippen molar-refractivity contribution in [2.45, 2.75) is 33.2 Å². The predicted octanol–water partition coefficient (Wildman–Crippen LogP) is 2.08. The third kappa shape index (κ3) is 3.53. The number of pyridine rings is 1. The molecule has 1 heterocycles. The zero-order valence-electron chi connectivity index (χ0n) is 9.97. The van der Waals surface area contributed by atoms with Gasteiger partial charge in [0.05, 0.1) is 6.42 Å². The lowest BCUT2D eigenvalue weighted by Gasteiger charge is -2.28. The maximum atomic E-state index is 10.6. The predicted molar refractivity (Wildman–Crippen MR) is 63.7 cm³/mol. The third-order valence-electron chi connectivity index (χ3n) is 2.40. The van der Waals surface area contributed by atoms with Gasteiger partial charge in [-0.2, -0.15) is 0 Å². The van der Waals surface area contributed by atoms with Crippen LogP contribution < -0.4 is 4.90 Å². The fraction of sp³-hybridized carbons (Fsp3) is 0.500. The van der Waals surface area contributed by atoms with E-state index < -0.39 is 5.97 Å². The van der Waals surface area contributed by atoms with E-state index in [2.05, 4.69) is 23.7 Å². The first-order chi connectivity index (χ1) is 7.50. The van der Waals surface area contributed by atoms with Crippen LogP contribution in [0.5, 0.6) is 0 Å². The summed E-state index contributed by atoms with van der Waals surface area (Å²) in [5.74, 6) is -0.767. The maximum Gasteiger partial charge on any atom is 0.305 e. The molecule has 88 valence electrons. The van der Waals surface area contributed by atoms with Gasteiger partial charge in [-0.05, 0) is 32.9 Å². The van der Waals surface area contributed by atoms with Crippen molar-refractivity contribution in [3.63, 3.8) is 0 Å². The topological polar surface area (TPSA) is 53.4 Å². The Morgan fingerprint density at radius 1 is 1.56 bits per heavy atom. The van der Waals surface area contributed by atoms with E-state index >= 15 is 0 Å². The fourth-order valence-electron chi connectivity index (χ4n) is 1.61. The molecule has 0 radical (unpaired) electrons. The number of aryl methyl sites for hydroxylation is 1. The van der Waals surface area contributed by atoms with Gasteiger partial charge >= 0.3 is 5.97 Å². The number of carbonyl (C=O) groups is 1. The number of carboxylic acid groups (broad SMARTS) is 1. The van der Waals surface area contributed by atoms with E-state index in [-0.39, 0.29) is 12.5 Å². The standard InChI is InChI=1S/C12H18N2O2/c1-9(2)14(7-5-12(15)16)11-4-6-13-10(3)8-11/h4,6,8-9H,5,7H2,1-3H3,(H,15,16). The van der Waals surface area contributed by atoms with Gasteiger partial charge in [0.15, 0.2) is 0 Å². The second kappa shape index (κ2) is 5.49. The Morgan fingerprint density at radius 2 is 2.25 bits per heavy atom. The van der Waals surface area contributed by atoms with Crippen molar-refractivity contribution in [2.24, 2.45) is 0 Å². The smallest absolute Gasteiger partial charge is 0.305 e. The molecule has 0 aliphatic carbocycles. The molecule has 0 aliphatic rings. The minimum absolute atomic E-state index is 0.152. The van der Waals surface area contributed by atoms with Gasteiger partial charge < -0.3 is 10.0 Å². The Morgan fingerprint density at radius 3 is 2.75 bits per heavy atom. The van der Waals surface area contributed by atoms with Gasteiger partial charge in [-0.25, -0.2) is 0 Å².